The number of rotatable bonds is 2. The first-order valence-corrected chi connectivity index (χ1v) is 5.18. The van der Waals surface area contributed by atoms with Gasteiger partial charge in [0.2, 0.25) is 0 Å². The van der Waals surface area contributed by atoms with E-state index in [2.05, 4.69) is 15.0 Å². The molecule has 3 rings (SSSR count). The number of aromatic nitrogens is 3. The molecule has 3 nitrogen and oxygen atoms in total. The molecule has 0 amide bonds. The van der Waals surface area contributed by atoms with Crippen LogP contribution in [0.5, 0.6) is 0 Å². The van der Waals surface area contributed by atoms with Gasteiger partial charge >= 0.3 is 0 Å². The Bertz CT molecular complexity index is 463. The zero-order valence-corrected chi connectivity index (χ0v) is 8.30. The van der Waals surface area contributed by atoms with E-state index >= 15 is 0 Å². The van der Waals surface area contributed by atoms with Gasteiger partial charge in [0, 0.05) is 11.5 Å². The van der Waals surface area contributed by atoms with Crippen LogP contribution in [0.4, 0.5) is 0 Å². The highest BCUT2D eigenvalue weighted by Crippen LogP contribution is 2.37. The Morgan fingerprint density at radius 2 is 1.80 bits per heavy atom. The molecule has 0 spiro atoms. The van der Waals surface area contributed by atoms with Gasteiger partial charge in [-0.25, -0.2) is 15.0 Å². The van der Waals surface area contributed by atoms with Crippen LogP contribution < -0.4 is 0 Å². The van der Waals surface area contributed by atoms with Gasteiger partial charge in [0.05, 0.1) is 0 Å². The monoisotopic (exact) mass is 197 g/mol. The van der Waals surface area contributed by atoms with Crippen LogP contribution in [0.2, 0.25) is 0 Å². The van der Waals surface area contributed by atoms with Crippen molar-refractivity contribution >= 4 is 0 Å². The molecule has 1 heterocycles. The highest BCUT2D eigenvalue weighted by atomic mass is 15.0. The fraction of sp³-hybridized carbons (Fsp3) is 0.250. The van der Waals surface area contributed by atoms with Gasteiger partial charge in [-0.15, -0.1) is 0 Å². The van der Waals surface area contributed by atoms with Crippen molar-refractivity contribution < 1.29 is 0 Å². The molecule has 2 aromatic rings. The van der Waals surface area contributed by atoms with Gasteiger partial charge in [-0.05, 0) is 12.8 Å². The van der Waals surface area contributed by atoms with E-state index in [4.69, 9.17) is 0 Å². The molecule has 1 saturated carbocycles. The summed E-state index contributed by atoms with van der Waals surface area (Å²) < 4.78 is 0. The summed E-state index contributed by atoms with van der Waals surface area (Å²) in [5.74, 6) is 2.31. The minimum Gasteiger partial charge on any atom is -0.221 e. The normalized spacial score (nSPS) is 15.2. The van der Waals surface area contributed by atoms with Crippen molar-refractivity contribution in [3.05, 3.63) is 42.5 Å². The maximum Gasteiger partial charge on any atom is 0.163 e. The van der Waals surface area contributed by atoms with Gasteiger partial charge in [-0.3, -0.25) is 0 Å². The third-order valence-corrected chi connectivity index (χ3v) is 2.56. The molecule has 1 aliphatic rings. The van der Waals surface area contributed by atoms with Crippen molar-refractivity contribution in [3.63, 3.8) is 0 Å². The van der Waals surface area contributed by atoms with Gasteiger partial charge in [-0.2, -0.15) is 0 Å². The van der Waals surface area contributed by atoms with Crippen molar-refractivity contribution in [2.24, 2.45) is 0 Å². The minimum absolute atomic E-state index is 0.579. The Labute approximate surface area is 88.2 Å². The van der Waals surface area contributed by atoms with Crippen LogP contribution in [0, 0.1) is 0 Å². The second-order valence-corrected chi connectivity index (χ2v) is 3.81. The van der Waals surface area contributed by atoms with E-state index in [1.54, 1.807) is 6.33 Å². The van der Waals surface area contributed by atoms with Crippen LogP contribution in [-0.2, 0) is 0 Å². The quantitative estimate of drug-likeness (QED) is 0.742. The predicted octanol–water partition coefficient (Wildman–Crippen LogP) is 2.42. The first kappa shape index (κ1) is 8.53. The van der Waals surface area contributed by atoms with Gasteiger partial charge in [-0.1, -0.05) is 30.3 Å². The molecule has 1 aromatic carbocycles. The third kappa shape index (κ3) is 1.73. The summed E-state index contributed by atoms with van der Waals surface area (Å²) in [6.07, 6.45) is 4.06. The number of hydrogen-bond donors (Lipinski definition) is 0. The maximum absolute atomic E-state index is 4.48. The van der Waals surface area contributed by atoms with Gasteiger partial charge < -0.3 is 0 Å². The highest BCUT2D eigenvalue weighted by Gasteiger charge is 2.26. The molecule has 1 aromatic heterocycles. The molecular weight excluding hydrogens is 186 g/mol. The standard InChI is InChI=1S/C12H11N3/c1-2-4-9(5-3-1)11-13-8-14-12(15-11)10-6-7-10/h1-5,8,10H,6-7H2. The van der Waals surface area contributed by atoms with Crippen molar-refractivity contribution in [1.29, 1.82) is 0 Å². The Balaban J connectivity index is 2.01. The van der Waals surface area contributed by atoms with E-state index in [-0.39, 0.29) is 0 Å². The molecule has 0 radical (unpaired) electrons. The Kier molecular flexibility index (Phi) is 1.95. The predicted molar refractivity (Wildman–Crippen MR) is 57.2 cm³/mol. The summed E-state index contributed by atoms with van der Waals surface area (Å²) in [6.45, 7) is 0. The molecule has 0 N–H and O–H groups in total. The molecule has 3 heteroatoms. The van der Waals surface area contributed by atoms with Crippen LogP contribution in [0.3, 0.4) is 0 Å². The second kappa shape index (κ2) is 3.42. The van der Waals surface area contributed by atoms with E-state index in [0.717, 1.165) is 17.2 Å². The lowest BCUT2D eigenvalue weighted by Crippen LogP contribution is -1.96. The number of hydrogen-bond acceptors (Lipinski definition) is 3. The van der Waals surface area contributed by atoms with E-state index in [9.17, 15) is 0 Å². The van der Waals surface area contributed by atoms with E-state index in [0.29, 0.717) is 5.92 Å². The van der Waals surface area contributed by atoms with Crippen molar-refractivity contribution in [2.45, 2.75) is 18.8 Å². The smallest absolute Gasteiger partial charge is 0.163 e. The van der Waals surface area contributed by atoms with Gasteiger partial charge in [0.1, 0.15) is 12.2 Å². The summed E-state index contributed by atoms with van der Waals surface area (Å²) in [4.78, 5) is 12.9. The van der Waals surface area contributed by atoms with Crippen LogP contribution in [0.25, 0.3) is 11.4 Å². The van der Waals surface area contributed by atoms with Crippen LogP contribution >= 0.6 is 0 Å². The van der Waals surface area contributed by atoms with Crippen molar-refractivity contribution in [2.75, 3.05) is 0 Å². The minimum atomic E-state index is 0.579. The molecule has 1 fully saturated rings. The van der Waals surface area contributed by atoms with Gasteiger partial charge in [0.25, 0.3) is 0 Å². The largest absolute Gasteiger partial charge is 0.221 e. The zero-order valence-electron chi connectivity index (χ0n) is 8.30. The van der Waals surface area contributed by atoms with E-state index < -0.39 is 0 Å². The van der Waals surface area contributed by atoms with Crippen LogP contribution in [0.1, 0.15) is 24.6 Å². The molecule has 0 bridgehead atoms. The Morgan fingerprint density at radius 3 is 2.53 bits per heavy atom. The van der Waals surface area contributed by atoms with Gasteiger partial charge in [0.15, 0.2) is 5.82 Å². The SMILES string of the molecule is c1ccc(-c2ncnc(C3CC3)n2)cc1. The van der Waals surface area contributed by atoms with Crippen molar-refractivity contribution in [1.82, 2.24) is 15.0 Å². The first-order valence-electron chi connectivity index (χ1n) is 5.18. The van der Waals surface area contributed by atoms with Crippen LogP contribution in [-0.4, -0.2) is 15.0 Å². The lowest BCUT2D eigenvalue weighted by molar-refractivity contribution is 0.893. The lowest BCUT2D eigenvalue weighted by Gasteiger charge is -2.00. The Hall–Kier alpha value is -1.77. The molecule has 0 aliphatic heterocycles. The first-order chi connectivity index (χ1) is 7.43. The summed E-state index contributed by atoms with van der Waals surface area (Å²) in [5, 5.41) is 0. The average molecular weight is 197 g/mol. The number of benzene rings is 1. The summed E-state index contributed by atoms with van der Waals surface area (Å²) in [5.41, 5.74) is 1.06. The summed E-state index contributed by atoms with van der Waals surface area (Å²) in [7, 11) is 0. The second-order valence-electron chi connectivity index (χ2n) is 3.81. The zero-order chi connectivity index (χ0) is 10.1. The number of nitrogens with zero attached hydrogens (tertiary/aromatic N) is 3. The molecule has 74 valence electrons. The molecule has 0 saturated heterocycles. The summed E-state index contributed by atoms with van der Waals surface area (Å²) >= 11 is 0. The fourth-order valence-electron chi connectivity index (χ4n) is 1.57. The third-order valence-electron chi connectivity index (χ3n) is 2.56. The fourth-order valence-corrected chi connectivity index (χ4v) is 1.57. The Morgan fingerprint density at radius 1 is 1.00 bits per heavy atom. The van der Waals surface area contributed by atoms with E-state index in [1.807, 2.05) is 30.3 Å². The molecule has 0 atom stereocenters. The van der Waals surface area contributed by atoms with E-state index in [1.165, 1.54) is 12.8 Å². The molecule has 0 unspecified atom stereocenters. The molecule has 15 heavy (non-hydrogen) atoms. The van der Waals surface area contributed by atoms with Crippen LogP contribution in [0.15, 0.2) is 36.7 Å². The lowest BCUT2D eigenvalue weighted by atomic mass is 10.2. The molecule has 1 aliphatic carbocycles. The van der Waals surface area contributed by atoms with Crippen molar-refractivity contribution in [3.8, 4) is 11.4 Å². The highest BCUT2D eigenvalue weighted by molar-refractivity contribution is 5.53. The molecular formula is C12H11N3. The topological polar surface area (TPSA) is 38.7 Å². The summed E-state index contributed by atoms with van der Waals surface area (Å²) in [6, 6.07) is 10.0. The average Bonchev–Trinajstić information content (AvgIpc) is 3.14. The maximum atomic E-state index is 4.48.